The van der Waals surface area contributed by atoms with Gasteiger partial charge in [0.2, 0.25) is 0 Å². The van der Waals surface area contributed by atoms with E-state index < -0.39 is 0 Å². The summed E-state index contributed by atoms with van der Waals surface area (Å²) >= 11 is 1.82. The fourth-order valence-corrected chi connectivity index (χ4v) is 1.58. The first-order chi connectivity index (χ1) is 5.75. The van der Waals surface area contributed by atoms with Crippen molar-refractivity contribution in [3.63, 3.8) is 0 Å². The number of aryl methyl sites for hydroxylation is 1. The zero-order valence-electron chi connectivity index (χ0n) is 7.53. The second-order valence-electron chi connectivity index (χ2n) is 2.80. The third kappa shape index (κ3) is 2.29. The molecule has 0 aliphatic rings. The van der Waals surface area contributed by atoms with E-state index in [1.165, 1.54) is 0 Å². The molecule has 0 aromatic carbocycles. The van der Waals surface area contributed by atoms with Crippen LogP contribution in [0.25, 0.3) is 0 Å². The maximum absolute atomic E-state index is 9.37. The molecule has 0 aliphatic heterocycles. The highest BCUT2D eigenvalue weighted by molar-refractivity contribution is 7.98. The van der Waals surface area contributed by atoms with Crippen molar-refractivity contribution in [2.75, 3.05) is 12.0 Å². The molecule has 0 radical (unpaired) electrons. The molecule has 0 bridgehead atoms. The molecule has 68 valence electrons. The largest absolute Gasteiger partial charge is 0.387 e. The van der Waals surface area contributed by atoms with Crippen molar-refractivity contribution in [3.05, 3.63) is 24.0 Å². The molecule has 0 fully saturated rings. The van der Waals surface area contributed by atoms with E-state index in [4.69, 9.17) is 0 Å². The highest BCUT2D eigenvalue weighted by Gasteiger charge is 2.04. The van der Waals surface area contributed by atoms with Crippen LogP contribution in [-0.4, -0.2) is 21.7 Å². The molecule has 1 aromatic heterocycles. The predicted molar refractivity (Wildman–Crippen MR) is 53.4 cm³/mol. The number of hydrogen-bond donors (Lipinski definition) is 1. The topological polar surface area (TPSA) is 25.2 Å². The van der Waals surface area contributed by atoms with Gasteiger partial charge in [-0.05, 0) is 25.3 Å². The summed E-state index contributed by atoms with van der Waals surface area (Å²) in [7, 11) is 0. The summed E-state index contributed by atoms with van der Waals surface area (Å²) in [5.41, 5.74) is 1.00. The molecule has 1 N–H and O–H groups in total. The Hall–Kier alpha value is -0.410. The molecule has 0 amide bonds. The van der Waals surface area contributed by atoms with Crippen LogP contribution in [-0.2, 0) is 6.54 Å². The molecule has 1 unspecified atom stereocenters. The molecule has 0 saturated carbocycles. The van der Waals surface area contributed by atoms with Crippen LogP contribution >= 0.6 is 11.8 Å². The van der Waals surface area contributed by atoms with Crippen molar-refractivity contribution < 1.29 is 5.11 Å². The Labute approximate surface area is 77.6 Å². The molecule has 1 aromatic rings. The van der Waals surface area contributed by atoms with Crippen LogP contribution in [0, 0.1) is 0 Å². The van der Waals surface area contributed by atoms with Crippen molar-refractivity contribution in [1.29, 1.82) is 0 Å². The minimum Gasteiger partial charge on any atom is -0.387 e. The minimum atomic E-state index is -0.359. The first-order valence-corrected chi connectivity index (χ1v) is 5.47. The van der Waals surface area contributed by atoms with Gasteiger partial charge in [-0.25, -0.2) is 0 Å². The maximum Gasteiger partial charge on any atom is 0.0911 e. The van der Waals surface area contributed by atoms with E-state index >= 15 is 0 Å². The minimum absolute atomic E-state index is 0.359. The van der Waals surface area contributed by atoms with Crippen molar-refractivity contribution in [2.24, 2.45) is 0 Å². The van der Waals surface area contributed by atoms with Crippen LogP contribution in [0.3, 0.4) is 0 Å². The number of rotatable bonds is 4. The Morgan fingerprint density at radius 1 is 1.67 bits per heavy atom. The Bertz CT molecular complexity index is 232. The second-order valence-corrected chi connectivity index (χ2v) is 3.78. The van der Waals surface area contributed by atoms with E-state index in [1.807, 2.05) is 30.1 Å². The molecular weight excluding hydrogens is 170 g/mol. The standard InChI is InChI=1S/C9H15NOS/c1-8(11)9-4-3-5-10(9)6-7-12-2/h3-5,8,11H,6-7H2,1-2H3. The number of hydrogen-bond acceptors (Lipinski definition) is 2. The van der Waals surface area contributed by atoms with Crippen molar-refractivity contribution in [3.8, 4) is 0 Å². The van der Waals surface area contributed by atoms with Gasteiger partial charge in [0.15, 0.2) is 0 Å². The molecular formula is C9H15NOS. The summed E-state index contributed by atoms with van der Waals surface area (Å²) in [5.74, 6) is 1.09. The first-order valence-electron chi connectivity index (χ1n) is 4.07. The van der Waals surface area contributed by atoms with Crippen molar-refractivity contribution in [2.45, 2.75) is 19.6 Å². The molecule has 3 heteroatoms. The fourth-order valence-electron chi connectivity index (χ4n) is 1.20. The lowest BCUT2D eigenvalue weighted by Gasteiger charge is -2.09. The molecule has 12 heavy (non-hydrogen) atoms. The lowest BCUT2D eigenvalue weighted by molar-refractivity contribution is 0.189. The molecule has 0 spiro atoms. The zero-order chi connectivity index (χ0) is 8.97. The third-order valence-electron chi connectivity index (χ3n) is 1.83. The fraction of sp³-hybridized carbons (Fsp3) is 0.556. The average molecular weight is 185 g/mol. The van der Waals surface area contributed by atoms with E-state index in [9.17, 15) is 5.11 Å². The smallest absolute Gasteiger partial charge is 0.0911 e. The van der Waals surface area contributed by atoms with E-state index in [0.29, 0.717) is 0 Å². The molecule has 1 atom stereocenters. The number of aliphatic hydroxyl groups is 1. The van der Waals surface area contributed by atoms with Gasteiger partial charge in [-0.1, -0.05) is 0 Å². The number of aromatic nitrogens is 1. The zero-order valence-corrected chi connectivity index (χ0v) is 8.34. The van der Waals surface area contributed by atoms with E-state index in [-0.39, 0.29) is 6.10 Å². The van der Waals surface area contributed by atoms with Crippen LogP contribution in [0.1, 0.15) is 18.7 Å². The lowest BCUT2D eigenvalue weighted by Crippen LogP contribution is -2.05. The SMILES string of the molecule is CSCCn1cccc1C(C)O. The van der Waals surface area contributed by atoms with Gasteiger partial charge in [0.25, 0.3) is 0 Å². The Morgan fingerprint density at radius 3 is 3.00 bits per heavy atom. The molecule has 0 aliphatic carbocycles. The van der Waals surface area contributed by atoms with E-state index in [1.54, 1.807) is 6.92 Å². The van der Waals surface area contributed by atoms with Crippen LogP contribution < -0.4 is 0 Å². The average Bonchev–Trinajstić information content (AvgIpc) is 2.48. The molecule has 0 saturated heterocycles. The normalized spacial score (nSPS) is 13.2. The predicted octanol–water partition coefficient (Wildman–Crippen LogP) is 1.90. The van der Waals surface area contributed by atoms with Crippen LogP contribution in [0.2, 0.25) is 0 Å². The summed E-state index contributed by atoms with van der Waals surface area (Å²) in [4.78, 5) is 0. The van der Waals surface area contributed by atoms with Gasteiger partial charge in [-0.2, -0.15) is 11.8 Å². The molecule has 1 rings (SSSR count). The van der Waals surface area contributed by atoms with Crippen LogP contribution in [0.15, 0.2) is 18.3 Å². The van der Waals surface area contributed by atoms with Crippen molar-refractivity contribution >= 4 is 11.8 Å². The Kier molecular flexibility index (Phi) is 3.69. The van der Waals surface area contributed by atoms with Gasteiger partial charge in [0.05, 0.1) is 6.10 Å². The number of nitrogens with zero attached hydrogens (tertiary/aromatic N) is 1. The van der Waals surface area contributed by atoms with Gasteiger partial charge in [-0.3, -0.25) is 0 Å². The number of thioether (sulfide) groups is 1. The highest BCUT2D eigenvalue weighted by Crippen LogP contribution is 2.13. The van der Waals surface area contributed by atoms with Crippen molar-refractivity contribution in [1.82, 2.24) is 4.57 Å². The maximum atomic E-state index is 9.37. The van der Waals surface area contributed by atoms with Gasteiger partial charge >= 0.3 is 0 Å². The van der Waals surface area contributed by atoms with Crippen LogP contribution in [0.4, 0.5) is 0 Å². The van der Waals surface area contributed by atoms with Crippen LogP contribution in [0.5, 0.6) is 0 Å². The second kappa shape index (κ2) is 4.58. The highest BCUT2D eigenvalue weighted by atomic mass is 32.2. The van der Waals surface area contributed by atoms with E-state index in [0.717, 1.165) is 18.0 Å². The summed E-state index contributed by atoms with van der Waals surface area (Å²) < 4.78 is 2.10. The first kappa shape index (κ1) is 9.68. The van der Waals surface area contributed by atoms with Gasteiger partial charge < -0.3 is 9.67 Å². The summed E-state index contributed by atoms with van der Waals surface area (Å²) in [5, 5.41) is 9.37. The lowest BCUT2D eigenvalue weighted by atomic mass is 10.3. The summed E-state index contributed by atoms with van der Waals surface area (Å²) in [6.07, 6.45) is 3.74. The Balaban J connectivity index is 2.64. The quantitative estimate of drug-likeness (QED) is 0.775. The Morgan fingerprint density at radius 2 is 2.42 bits per heavy atom. The number of aliphatic hydroxyl groups excluding tert-OH is 1. The van der Waals surface area contributed by atoms with Gasteiger partial charge in [0.1, 0.15) is 0 Å². The van der Waals surface area contributed by atoms with Gasteiger partial charge in [0, 0.05) is 24.2 Å². The monoisotopic (exact) mass is 185 g/mol. The summed E-state index contributed by atoms with van der Waals surface area (Å²) in [6.45, 7) is 2.78. The van der Waals surface area contributed by atoms with Gasteiger partial charge in [-0.15, -0.1) is 0 Å². The summed E-state index contributed by atoms with van der Waals surface area (Å²) in [6, 6.07) is 3.94. The van der Waals surface area contributed by atoms with E-state index in [2.05, 4.69) is 10.8 Å². The molecule has 2 nitrogen and oxygen atoms in total. The molecule has 1 heterocycles. The third-order valence-corrected chi connectivity index (χ3v) is 2.42.